The second-order valence-corrected chi connectivity index (χ2v) is 8.99. The SMILES string of the molecule is CCS(=O)(=O)N1CCC(NC2CCN3CCCCC23)CC1. The zero-order chi connectivity index (χ0) is 14.9. The molecule has 0 radical (unpaired) electrons. The molecule has 0 bridgehead atoms. The quantitative estimate of drug-likeness (QED) is 0.841. The van der Waals surface area contributed by atoms with Gasteiger partial charge in [0.1, 0.15) is 0 Å². The number of nitrogens with one attached hydrogen (secondary N) is 1. The molecule has 0 aromatic carbocycles. The molecule has 3 aliphatic rings. The molecule has 3 saturated heterocycles. The second-order valence-electron chi connectivity index (χ2n) is 6.73. The Labute approximate surface area is 129 Å². The molecule has 0 amide bonds. The van der Waals surface area contributed by atoms with Crippen molar-refractivity contribution in [2.75, 3.05) is 31.9 Å². The molecule has 3 fully saturated rings. The Hall–Kier alpha value is -0.170. The van der Waals surface area contributed by atoms with Crippen LogP contribution >= 0.6 is 0 Å². The van der Waals surface area contributed by atoms with Crippen molar-refractivity contribution in [3.63, 3.8) is 0 Å². The summed E-state index contributed by atoms with van der Waals surface area (Å²) < 4.78 is 25.5. The van der Waals surface area contributed by atoms with Crippen molar-refractivity contribution in [1.82, 2.24) is 14.5 Å². The van der Waals surface area contributed by atoms with Crippen LogP contribution in [-0.4, -0.2) is 67.7 Å². The molecule has 0 spiro atoms. The van der Waals surface area contributed by atoms with Crippen molar-refractivity contribution in [2.45, 2.75) is 63.6 Å². The number of piperidine rings is 2. The Morgan fingerprint density at radius 1 is 1.00 bits per heavy atom. The van der Waals surface area contributed by atoms with Gasteiger partial charge < -0.3 is 5.32 Å². The van der Waals surface area contributed by atoms with E-state index < -0.39 is 10.0 Å². The summed E-state index contributed by atoms with van der Waals surface area (Å²) in [7, 11) is -2.99. The van der Waals surface area contributed by atoms with Crippen LogP contribution in [-0.2, 0) is 10.0 Å². The molecule has 5 nitrogen and oxygen atoms in total. The molecule has 21 heavy (non-hydrogen) atoms. The summed E-state index contributed by atoms with van der Waals surface area (Å²) in [5.41, 5.74) is 0. The molecule has 0 aromatic rings. The summed E-state index contributed by atoms with van der Waals surface area (Å²) >= 11 is 0. The van der Waals surface area contributed by atoms with Crippen LogP contribution in [0.25, 0.3) is 0 Å². The highest BCUT2D eigenvalue weighted by molar-refractivity contribution is 7.89. The Morgan fingerprint density at radius 3 is 2.48 bits per heavy atom. The topological polar surface area (TPSA) is 52.7 Å². The second kappa shape index (κ2) is 6.52. The Balaban J connectivity index is 1.49. The molecule has 2 unspecified atom stereocenters. The first kappa shape index (κ1) is 15.7. The largest absolute Gasteiger partial charge is 0.310 e. The third kappa shape index (κ3) is 3.44. The van der Waals surface area contributed by atoms with E-state index in [-0.39, 0.29) is 5.75 Å². The molecular formula is C15H29N3O2S. The van der Waals surface area contributed by atoms with Crippen LogP contribution in [0.2, 0.25) is 0 Å². The molecule has 0 aromatic heterocycles. The van der Waals surface area contributed by atoms with Crippen LogP contribution in [0.3, 0.4) is 0 Å². The fourth-order valence-electron chi connectivity index (χ4n) is 4.23. The first-order chi connectivity index (χ1) is 10.1. The van der Waals surface area contributed by atoms with Crippen LogP contribution in [0.1, 0.15) is 45.4 Å². The first-order valence-electron chi connectivity index (χ1n) is 8.58. The van der Waals surface area contributed by atoms with Gasteiger partial charge in [0.15, 0.2) is 0 Å². The summed E-state index contributed by atoms with van der Waals surface area (Å²) in [5, 5.41) is 3.84. The molecule has 0 aliphatic carbocycles. The Morgan fingerprint density at radius 2 is 1.76 bits per heavy atom. The van der Waals surface area contributed by atoms with E-state index in [0.717, 1.165) is 18.9 Å². The van der Waals surface area contributed by atoms with Gasteiger partial charge in [-0.15, -0.1) is 0 Å². The minimum absolute atomic E-state index is 0.227. The van der Waals surface area contributed by atoms with Crippen molar-refractivity contribution in [3.05, 3.63) is 0 Å². The lowest BCUT2D eigenvalue weighted by molar-refractivity contribution is 0.170. The van der Waals surface area contributed by atoms with Gasteiger partial charge in [0.05, 0.1) is 5.75 Å². The smallest absolute Gasteiger partial charge is 0.213 e. The summed E-state index contributed by atoms with van der Waals surface area (Å²) in [6.07, 6.45) is 7.24. The molecule has 3 aliphatic heterocycles. The van der Waals surface area contributed by atoms with Gasteiger partial charge in [-0.2, -0.15) is 0 Å². The zero-order valence-electron chi connectivity index (χ0n) is 13.1. The van der Waals surface area contributed by atoms with E-state index in [1.807, 2.05) is 0 Å². The number of sulfonamides is 1. The van der Waals surface area contributed by atoms with Gasteiger partial charge in [0.25, 0.3) is 0 Å². The molecule has 2 atom stereocenters. The highest BCUT2D eigenvalue weighted by atomic mass is 32.2. The van der Waals surface area contributed by atoms with Crippen LogP contribution in [0, 0.1) is 0 Å². The molecular weight excluding hydrogens is 286 g/mol. The maximum Gasteiger partial charge on any atom is 0.213 e. The third-order valence-electron chi connectivity index (χ3n) is 5.52. The van der Waals surface area contributed by atoms with E-state index in [1.165, 1.54) is 38.8 Å². The average molecular weight is 315 g/mol. The van der Waals surface area contributed by atoms with Crippen molar-refractivity contribution in [2.24, 2.45) is 0 Å². The molecule has 122 valence electrons. The molecule has 0 saturated carbocycles. The van der Waals surface area contributed by atoms with E-state index in [2.05, 4.69) is 10.2 Å². The van der Waals surface area contributed by atoms with Gasteiger partial charge in [-0.3, -0.25) is 4.90 Å². The third-order valence-corrected chi connectivity index (χ3v) is 7.40. The molecule has 3 rings (SSSR count). The summed E-state index contributed by atoms with van der Waals surface area (Å²) in [6.45, 7) is 5.63. The lowest BCUT2D eigenvalue weighted by Gasteiger charge is -2.37. The summed E-state index contributed by atoms with van der Waals surface area (Å²) in [6, 6.07) is 1.86. The van der Waals surface area contributed by atoms with Gasteiger partial charge in [-0.1, -0.05) is 6.42 Å². The number of fused-ring (bicyclic) bond motifs is 1. The van der Waals surface area contributed by atoms with Crippen LogP contribution in [0.15, 0.2) is 0 Å². The number of hydrogen-bond acceptors (Lipinski definition) is 4. The van der Waals surface area contributed by atoms with E-state index in [4.69, 9.17) is 0 Å². The maximum atomic E-state index is 11.9. The van der Waals surface area contributed by atoms with Gasteiger partial charge in [-0.05, 0) is 45.6 Å². The average Bonchev–Trinajstić information content (AvgIpc) is 2.91. The van der Waals surface area contributed by atoms with Crippen LogP contribution in [0.5, 0.6) is 0 Å². The minimum atomic E-state index is -2.99. The minimum Gasteiger partial charge on any atom is -0.310 e. The van der Waals surface area contributed by atoms with Gasteiger partial charge in [0.2, 0.25) is 10.0 Å². The zero-order valence-corrected chi connectivity index (χ0v) is 13.9. The maximum absolute atomic E-state index is 11.9. The predicted molar refractivity (Wildman–Crippen MR) is 84.8 cm³/mol. The van der Waals surface area contributed by atoms with Gasteiger partial charge in [-0.25, -0.2) is 12.7 Å². The van der Waals surface area contributed by atoms with Crippen molar-refractivity contribution in [3.8, 4) is 0 Å². The van der Waals surface area contributed by atoms with Crippen molar-refractivity contribution >= 4 is 10.0 Å². The Kier molecular flexibility index (Phi) is 4.88. The van der Waals surface area contributed by atoms with Crippen LogP contribution in [0.4, 0.5) is 0 Å². The highest BCUT2D eigenvalue weighted by Gasteiger charge is 2.37. The van der Waals surface area contributed by atoms with E-state index in [1.54, 1.807) is 11.2 Å². The lowest BCUT2D eigenvalue weighted by Crippen LogP contribution is -2.52. The fourth-order valence-corrected chi connectivity index (χ4v) is 5.36. The molecule has 1 N–H and O–H groups in total. The molecule has 6 heteroatoms. The van der Waals surface area contributed by atoms with Crippen molar-refractivity contribution in [1.29, 1.82) is 0 Å². The summed E-state index contributed by atoms with van der Waals surface area (Å²) in [4.78, 5) is 2.65. The van der Waals surface area contributed by atoms with Crippen LogP contribution < -0.4 is 5.32 Å². The number of rotatable bonds is 4. The van der Waals surface area contributed by atoms with Crippen molar-refractivity contribution < 1.29 is 8.42 Å². The lowest BCUT2D eigenvalue weighted by atomic mass is 9.97. The Bertz CT molecular complexity index is 446. The number of nitrogens with zero attached hydrogens (tertiary/aromatic N) is 2. The van der Waals surface area contributed by atoms with E-state index >= 15 is 0 Å². The number of hydrogen-bond donors (Lipinski definition) is 1. The molecule has 3 heterocycles. The normalized spacial score (nSPS) is 33.2. The predicted octanol–water partition coefficient (Wildman–Crippen LogP) is 1.02. The van der Waals surface area contributed by atoms with Gasteiger partial charge in [0, 0.05) is 37.8 Å². The summed E-state index contributed by atoms with van der Waals surface area (Å²) in [5.74, 6) is 0.227. The highest BCUT2D eigenvalue weighted by Crippen LogP contribution is 2.28. The fraction of sp³-hybridized carbons (Fsp3) is 1.00. The standard InChI is InChI=1S/C15H29N3O2S/c1-2-21(19,20)18-11-6-13(7-12-18)16-14-8-10-17-9-4-3-5-15(14)17/h13-16H,2-12H2,1H3. The van der Waals surface area contributed by atoms with E-state index in [9.17, 15) is 8.42 Å². The van der Waals surface area contributed by atoms with Gasteiger partial charge >= 0.3 is 0 Å². The monoisotopic (exact) mass is 315 g/mol. The van der Waals surface area contributed by atoms with E-state index in [0.29, 0.717) is 25.2 Å². The first-order valence-corrected chi connectivity index (χ1v) is 10.2.